The molecule has 0 aromatic heterocycles. The number of ether oxygens (including phenoxy) is 2. The van der Waals surface area contributed by atoms with Crippen LogP contribution in [0.25, 0.3) is 0 Å². The largest absolute Gasteiger partial charge is 0.485 e. The summed E-state index contributed by atoms with van der Waals surface area (Å²) >= 11 is 0. The highest BCUT2D eigenvalue weighted by atomic mass is 16.5. The van der Waals surface area contributed by atoms with Crippen molar-refractivity contribution in [3.63, 3.8) is 0 Å². The number of hydrogen-bond donors (Lipinski definition) is 0. The molecule has 9 aliphatic carbocycles. The predicted molar refractivity (Wildman–Crippen MR) is 223 cm³/mol. The molecule has 7 atom stereocenters. The molecular weight excluding hydrogens is 671 g/mol. The van der Waals surface area contributed by atoms with Gasteiger partial charge in [-0.2, -0.15) is 0 Å². The van der Waals surface area contributed by atoms with Gasteiger partial charge in [0, 0.05) is 41.1 Å². The highest BCUT2D eigenvalue weighted by molar-refractivity contribution is 5.50. The van der Waals surface area contributed by atoms with Crippen molar-refractivity contribution in [2.45, 2.75) is 95.6 Å². The van der Waals surface area contributed by atoms with Gasteiger partial charge in [0.15, 0.2) is 0 Å². The van der Waals surface area contributed by atoms with Crippen LogP contribution >= 0.6 is 0 Å². The van der Waals surface area contributed by atoms with Gasteiger partial charge in [0.1, 0.15) is 23.4 Å². The van der Waals surface area contributed by atoms with Crippen LogP contribution in [0.3, 0.4) is 0 Å². The molecule has 0 saturated carbocycles. The maximum atomic E-state index is 6.74. The fourth-order valence-electron chi connectivity index (χ4n) is 11.4. The predicted octanol–water partition coefficient (Wildman–Crippen LogP) is 12.5. The van der Waals surface area contributed by atoms with Crippen LogP contribution in [0.15, 0.2) is 189 Å². The first-order valence-corrected chi connectivity index (χ1v) is 21.5. The third kappa shape index (κ3) is 6.01. The second-order valence-corrected chi connectivity index (χ2v) is 17.3. The monoisotopic (exact) mass is 723 g/mol. The Labute approximate surface area is 327 Å². The highest BCUT2D eigenvalue weighted by Crippen LogP contribution is 2.50. The third-order valence-electron chi connectivity index (χ3n) is 14.2. The van der Waals surface area contributed by atoms with E-state index in [-0.39, 0.29) is 18.1 Å². The van der Waals surface area contributed by atoms with Crippen molar-refractivity contribution >= 4 is 0 Å². The fraction of sp³-hybridized carbons (Fsp3) is 0.385. The van der Waals surface area contributed by atoms with Gasteiger partial charge >= 0.3 is 0 Å². The van der Waals surface area contributed by atoms with E-state index in [4.69, 9.17) is 9.47 Å². The summed E-state index contributed by atoms with van der Waals surface area (Å²) in [7, 11) is 0. The lowest BCUT2D eigenvalue weighted by atomic mass is 9.75. The van der Waals surface area contributed by atoms with Gasteiger partial charge in [0.2, 0.25) is 0 Å². The fourth-order valence-corrected chi connectivity index (χ4v) is 11.4. The summed E-state index contributed by atoms with van der Waals surface area (Å²) in [5, 5.41) is 0. The van der Waals surface area contributed by atoms with Crippen molar-refractivity contribution in [2.24, 2.45) is 29.6 Å². The molecule has 0 aromatic rings. The summed E-state index contributed by atoms with van der Waals surface area (Å²) in [6.07, 6.45) is 62.6. The highest BCUT2D eigenvalue weighted by Gasteiger charge is 2.43. The van der Waals surface area contributed by atoms with E-state index in [9.17, 15) is 0 Å². The van der Waals surface area contributed by atoms with Crippen LogP contribution in [0.4, 0.5) is 0 Å². The van der Waals surface area contributed by atoms with E-state index in [1.807, 2.05) is 0 Å². The minimum Gasteiger partial charge on any atom is -0.485 e. The molecule has 11 rings (SSSR count). The van der Waals surface area contributed by atoms with Crippen molar-refractivity contribution in [2.75, 3.05) is 0 Å². The van der Waals surface area contributed by atoms with Gasteiger partial charge in [-0.15, -0.1) is 0 Å². The lowest BCUT2D eigenvalue weighted by Gasteiger charge is -2.41. The maximum Gasteiger partial charge on any atom is 0.127 e. The summed E-state index contributed by atoms with van der Waals surface area (Å²) in [4.78, 5) is 2.69. The van der Waals surface area contributed by atoms with Gasteiger partial charge in [0.25, 0.3) is 0 Å². The first-order valence-electron chi connectivity index (χ1n) is 21.5. The summed E-state index contributed by atoms with van der Waals surface area (Å²) in [6, 6.07) is 0.180. The Morgan fingerprint density at radius 1 is 0.709 bits per heavy atom. The smallest absolute Gasteiger partial charge is 0.127 e. The Kier molecular flexibility index (Phi) is 8.59. The van der Waals surface area contributed by atoms with Gasteiger partial charge in [-0.1, -0.05) is 108 Å². The molecule has 0 aromatic carbocycles. The van der Waals surface area contributed by atoms with Crippen LogP contribution in [-0.2, 0) is 9.47 Å². The molecule has 0 N–H and O–H groups in total. The first-order chi connectivity index (χ1) is 27.2. The number of hydrogen-bond acceptors (Lipinski definition) is 3. The molecule has 11 aliphatic rings. The number of fused-ring (bicyclic) bond motifs is 4. The Bertz CT molecular complexity index is 2190. The maximum absolute atomic E-state index is 6.74. The molecule has 6 unspecified atom stereocenters. The SMILES string of the molecule is C1=CCC(C2=CCCC3=C2OC2C=CC(C4C=CC(N(C5=CC=C([C@@H]6CCC7=C(CCC=C7)C6)CC5)C5C=CC=C6OC7=C(C=CCC7)C65)=CC4)=CC32)C=C1. The van der Waals surface area contributed by atoms with Crippen LogP contribution in [0.2, 0.25) is 0 Å². The Balaban J connectivity index is 0.873. The van der Waals surface area contributed by atoms with Crippen LogP contribution in [0.1, 0.15) is 83.5 Å². The van der Waals surface area contributed by atoms with Crippen LogP contribution in [-0.4, -0.2) is 17.0 Å². The van der Waals surface area contributed by atoms with Gasteiger partial charge < -0.3 is 14.4 Å². The van der Waals surface area contributed by atoms with E-state index >= 15 is 0 Å². The van der Waals surface area contributed by atoms with Crippen LogP contribution in [0.5, 0.6) is 0 Å². The minimum atomic E-state index is 0.123. The van der Waals surface area contributed by atoms with E-state index < -0.39 is 0 Å². The third-order valence-corrected chi connectivity index (χ3v) is 14.2. The van der Waals surface area contributed by atoms with Crippen molar-refractivity contribution in [1.29, 1.82) is 0 Å². The molecule has 0 fully saturated rings. The second kappa shape index (κ2) is 14.1. The van der Waals surface area contributed by atoms with Crippen molar-refractivity contribution in [3.8, 4) is 0 Å². The van der Waals surface area contributed by atoms with E-state index in [0.717, 1.165) is 57.1 Å². The van der Waals surface area contributed by atoms with E-state index in [2.05, 4.69) is 126 Å². The van der Waals surface area contributed by atoms with Gasteiger partial charge in [-0.25, -0.2) is 0 Å². The summed E-state index contributed by atoms with van der Waals surface area (Å²) in [5.74, 6) is 5.55. The number of allylic oxidation sites excluding steroid dienone is 24. The zero-order valence-electron chi connectivity index (χ0n) is 32.0. The quantitative estimate of drug-likeness (QED) is 0.272. The Hall–Kier alpha value is -4.76. The standard InChI is InChI=1S/C52H53NO2/c1-2-11-37(12-3-1)43-15-8-16-44-46-33-40(26-31-49(46)55-52(43)44)36-24-29-42(30-25-36)53(47-17-9-19-50-51(47)45-14-6-7-18-48(45)54-50)41-27-22-35(23-28-41)39-21-20-34-10-4-5-13-38(34)32-39/h1-4,6,9-11,14-15,17,19,22,24,26-27,29-31,33,36-37,39,46-47,49,51H,5,7-8,12-13,16,18,20-21,23,25,28,32H2/t36?,37?,39-,46?,47?,49?,51?/m1/s1. The zero-order valence-corrected chi connectivity index (χ0v) is 32.0. The molecule has 0 saturated heterocycles. The first kappa shape index (κ1) is 33.6. The second-order valence-electron chi connectivity index (χ2n) is 17.3. The number of nitrogens with zero attached hydrogens (tertiary/aromatic N) is 1. The average Bonchev–Trinajstić information content (AvgIpc) is 3.83. The zero-order chi connectivity index (χ0) is 36.3. The molecule has 0 radical (unpaired) electrons. The molecule has 0 amide bonds. The Morgan fingerprint density at radius 2 is 1.67 bits per heavy atom. The molecule has 3 heteroatoms. The van der Waals surface area contributed by atoms with Crippen molar-refractivity contribution in [1.82, 2.24) is 4.90 Å². The van der Waals surface area contributed by atoms with Crippen LogP contribution in [0, 0.1) is 29.6 Å². The average molecular weight is 724 g/mol. The Morgan fingerprint density at radius 3 is 2.56 bits per heavy atom. The summed E-state index contributed by atoms with van der Waals surface area (Å²) in [6.45, 7) is 0. The summed E-state index contributed by atoms with van der Waals surface area (Å²) < 4.78 is 13.3. The normalized spacial score (nSPS) is 34.0. The van der Waals surface area contributed by atoms with E-state index in [1.54, 1.807) is 16.7 Å². The lowest BCUT2D eigenvalue weighted by Crippen LogP contribution is -2.40. The van der Waals surface area contributed by atoms with Gasteiger partial charge in [0.05, 0.1) is 12.0 Å². The van der Waals surface area contributed by atoms with Crippen molar-refractivity contribution < 1.29 is 9.47 Å². The number of rotatable bonds is 6. The summed E-state index contributed by atoms with van der Waals surface area (Å²) in [5.41, 5.74) is 13.5. The van der Waals surface area contributed by atoms with E-state index in [0.29, 0.717) is 23.7 Å². The molecule has 0 spiro atoms. The van der Waals surface area contributed by atoms with Crippen LogP contribution < -0.4 is 0 Å². The molecule has 2 heterocycles. The topological polar surface area (TPSA) is 21.7 Å². The van der Waals surface area contributed by atoms with Gasteiger partial charge in [-0.05, 0) is 130 Å². The molecule has 278 valence electrons. The molecule has 2 aliphatic heterocycles. The van der Waals surface area contributed by atoms with Crippen molar-refractivity contribution in [3.05, 3.63) is 189 Å². The lowest BCUT2D eigenvalue weighted by molar-refractivity contribution is 0.167. The minimum absolute atomic E-state index is 0.123. The molecule has 0 bridgehead atoms. The molecule has 55 heavy (non-hydrogen) atoms. The van der Waals surface area contributed by atoms with E-state index in [1.165, 1.54) is 77.3 Å². The molecule has 3 nitrogen and oxygen atoms in total. The van der Waals surface area contributed by atoms with Gasteiger partial charge in [-0.3, -0.25) is 0 Å². The molecular formula is C52H53NO2.